The van der Waals surface area contributed by atoms with Crippen LogP contribution in [0.15, 0.2) is 30.3 Å². The summed E-state index contributed by atoms with van der Waals surface area (Å²) in [6, 6.07) is 5.79. The van der Waals surface area contributed by atoms with Gasteiger partial charge < -0.3 is 39.8 Å². The molecule has 54 heavy (non-hydrogen) atoms. The maximum atomic E-state index is 14.2. The molecule has 1 aliphatic heterocycles. The number of amides is 4. The number of benzene rings is 1. The Bertz CT molecular complexity index is 1350. The van der Waals surface area contributed by atoms with Gasteiger partial charge in [-0.15, -0.1) is 0 Å². The van der Waals surface area contributed by atoms with Crippen molar-refractivity contribution < 1.29 is 43.3 Å². The molecule has 1 aromatic carbocycles. The van der Waals surface area contributed by atoms with Crippen LogP contribution in [0, 0.1) is 17.8 Å². The fourth-order valence-corrected chi connectivity index (χ4v) is 7.65. The van der Waals surface area contributed by atoms with Gasteiger partial charge in [-0.3, -0.25) is 24.1 Å². The van der Waals surface area contributed by atoms with Gasteiger partial charge in [-0.1, -0.05) is 71.4 Å². The molecule has 0 radical (unpaired) electrons. The average Bonchev–Trinajstić information content (AvgIpc) is 3.62. The van der Waals surface area contributed by atoms with Gasteiger partial charge in [0.1, 0.15) is 18.1 Å². The lowest BCUT2D eigenvalue weighted by molar-refractivity contribution is -0.149. The second-order valence-corrected chi connectivity index (χ2v) is 15.2. The van der Waals surface area contributed by atoms with Gasteiger partial charge >= 0.3 is 5.97 Å². The van der Waals surface area contributed by atoms with E-state index < -0.39 is 72.2 Å². The Balaban J connectivity index is 2.29. The first-order valence-corrected chi connectivity index (χ1v) is 19.1. The summed E-state index contributed by atoms with van der Waals surface area (Å²) in [5, 5.41) is 16.0. The van der Waals surface area contributed by atoms with Crippen molar-refractivity contribution >= 4 is 29.6 Å². The molecule has 3 N–H and O–H groups in total. The number of methoxy groups -OCH3 is 3. The molecule has 0 aliphatic carbocycles. The van der Waals surface area contributed by atoms with Crippen LogP contribution in [0.5, 0.6) is 0 Å². The Morgan fingerprint density at radius 1 is 0.926 bits per heavy atom. The number of hydrogen-bond donors (Lipinski definition) is 3. The summed E-state index contributed by atoms with van der Waals surface area (Å²) in [6.45, 7) is 11.4. The highest BCUT2D eigenvalue weighted by Crippen LogP contribution is 2.30. The highest BCUT2D eigenvalue weighted by molar-refractivity contribution is 5.90. The maximum absolute atomic E-state index is 14.2. The Kier molecular flexibility index (Phi) is 19.0. The predicted molar refractivity (Wildman–Crippen MR) is 206 cm³/mol. The fraction of sp³-hybridized carbons (Fsp3) is 0.725. The average molecular weight is 762 g/mol. The first kappa shape index (κ1) is 46.6. The van der Waals surface area contributed by atoms with Crippen molar-refractivity contribution in [3.63, 3.8) is 0 Å². The molecule has 1 aromatic rings. The summed E-state index contributed by atoms with van der Waals surface area (Å²) < 4.78 is 16.9. The molecule has 1 aliphatic rings. The number of nitrogens with one attached hydrogen (secondary N) is 2. The van der Waals surface area contributed by atoms with E-state index in [0.717, 1.165) is 5.56 Å². The number of aliphatic hydroxyl groups excluding tert-OH is 1. The predicted octanol–water partition coefficient (Wildman–Crippen LogP) is 2.26. The third kappa shape index (κ3) is 12.2. The third-order valence-electron chi connectivity index (χ3n) is 10.9. The molecular weight excluding hydrogens is 694 g/mol. The van der Waals surface area contributed by atoms with Crippen molar-refractivity contribution in [1.82, 2.24) is 25.3 Å². The number of rotatable bonds is 21. The molecule has 10 atom stereocenters. The van der Waals surface area contributed by atoms with Crippen LogP contribution >= 0.6 is 0 Å². The van der Waals surface area contributed by atoms with Gasteiger partial charge in [0, 0.05) is 34.2 Å². The van der Waals surface area contributed by atoms with Crippen molar-refractivity contribution in [2.24, 2.45) is 17.8 Å². The monoisotopic (exact) mass is 761 g/mol. The van der Waals surface area contributed by atoms with Crippen LogP contribution in [0.2, 0.25) is 0 Å². The van der Waals surface area contributed by atoms with Crippen LogP contribution in [0.3, 0.4) is 0 Å². The number of ether oxygens (including phenoxy) is 3. The lowest BCUT2D eigenvalue weighted by atomic mass is 9.89. The van der Waals surface area contributed by atoms with Gasteiger partial charge in [0.25, 0.3) is 0 Å². The number of likely N-dealkylation sites (N-methyl/N-ethyl adjacent to an activating group) is 2. The summed E-state index contributed by atoms with van der Waals surface area (Å²) in [6.07, 6.45) is -0.0460. The fourth-order valence-electron chi connectivity index (χ4n) is 7.65. The van der Waals surface area contributed by atoms with Crippen LogP contribution in [0.25, 0.3) is 0 Å². The first-order chi connectivity index (χ1) is 25.4. The molecule has 0 saturated carbocycles. The zero-order chi connectivity index (χ0) is 40.9. The van der Waals surface area contributed by atoms with E-state index in [2.05, 4.69) is 10.6 Å². The summed E-state index contributed by atoms with van der Waals surface area (Å²) in [5.41, 5.74) is 0.867. The minimum Gasteiger partial charge on any atom is -0.467 e. The molecule has 14 heteroatoms. The smallest absolute Gasteiger partial charge is 0.328 e. The summed E-state index contributed by atoms with van der Waals surface area (Å²) in [5.74, 6) is -2.97. The molecule has 0 bridgehead atoms. The van der Waals surface area contributed by atoms with Gasteiger partial charge in [0.2, 0.25) is 23.6 Å². The molecular formula is C40H67N5O9. The molecule has 0 spiro atoms. The zero-order valence-corrected chi connectivity index (χ0v) is 34.5. The first-order valence-electron chi connectivity index (χ1n) is 19.1. The molecule has 1 heterocycles. The molecule has 0 unspecified atom stereocenters. The number of hydrogen-bond acceptors (Lipinski definition) is 10. The van der Waals surface area contributed by atoms with Crippen molar-refractivity contribution in [3.8, 4) is 0 Å². The number of carbonyl (C=O) groups is 5. The van der Waals surface area contributed by atoms with E-state index in [4.69, 9.17) is 14.2 Å². The van der Waals surface area contributed by atoms with E-state index in [-0.39, 0.29) is 36.5 Å². The number of likely N-dealkylation sites (tertiary alicyclic amines) is 1. The molecule has 2 rings (SSSR count). The molecule has 1 saturated heterocycles. The number of aliphatic hydroxyl groups is 1. The number of esters is 1. The second kappa shape index (κ2) is 22.1. The second-order valence-electron chi connectivity index (χ2n) is 15.2. The van der Waals surface area contributed by atoms with Crippen molar-refractivity contribution in [3.05, 3.63) is 35.9 Å². The van der Waals surface area contributed by atoms with Crippen LogP contribution < -0.4 is 10.6 Å². The quantitative estimate of drug-likeness (QED) is 0.158. The maximum Gasteiger partial charge on any atom is 0.328 e. The Hall–Kier alpha value is -3.59. The van der Waals surface area contributed by atoms with Gasteiger partial charge in [-0.2, -0.15) is 0 Å². The zero-order valence-electron chi connectivity index (χ0n) is 34.5. The summed E-state index contributed by atoms with van der Waals surface area (Å²) >= 11 is 0. The lowest BCUT2D eigenvalue weighted by Crippen LogP contribution is -2.60. The molecule has 4 amide bonds. The van der Waals surface area contributed by atoms with Crippen molar-refractivity contribution in [1.29, 1.82) is 0 Å². The SMILES string of the molecule is CC[C@H](C)[C@@H]([C@@H](CC(=O)N1CCC[C@H]1[C@H](OC)[C@@H](C)C(=O)N[C@@H](Cc1ccccc1)C(=O)OC)OC)N(C)C(=O)[C@@H](NC(=O)[C@H]([C@@H](C)O)N(C)C)C(C)C. The van der Waals surface area contributed by atoms with E-state index in [1.807, 2.05) is 58.0 Å². The number of carbonyl (C=O) groups excluding carboxylic acids is 5. The Labute approximate surface area is 322 Å². The molecule has 1 fully saturated rings. The van der Waals surface area contributed by atoms with E-state index in [1.54, 1.807) is 42.8 Å². The van der Waals surface area contributed by atoms with E-state index >= 15 is 0 Å². The third-order valence-corrected chi connectivity index (χ3v) is 10.9. The van der Waals surface area contributed by atoms with E-state index in [1.165, 1.54) is 28.3 Å². The molecule has 306 valence electrons. The molecule has 14 nitrogen and oxygen atoms in total. The number of nitrogens with zero attached hydrogens (tertiary/aromatic N) is 3. The van der Waals surface area contributed by atoms with Crippen molar-refractivity contribution in [2.45, 2.75) is 122 Å². The van der Waals surface area contributed by atoms with Gasteiger partial charge in [-0.05, 0) is 51.3 Å². The normalized spacial score (nSPS) is 19.5. The Morgan fingerprint density at radius 2 is 1.56 bits per heavy atom. The summed E-state index contributed by atoms with van der Waals surface area (Å²) in [4.78, 5) is 72.9. The van der Waals surface area contributed by atoms with Crippen LogP contribution in [0.4, 0.5) is 0 Å². The van der Waals surface area contributed by atoms with Gasteiger partial charge in [-0.25, -0.2) is 4.79 Å². The highest BCUT2D eigenvalue weighted by atomic mass is 16.5. The largest absolute Gasteiger partial charge is 0.467 e. The van der Waals surface area contributed by atoms with Gasteiger partial charge in [0.05, 0.1) is 49.8 Å². The highest BCUT2D eigenvalue weighted by Gasteiger charge is 2.43. The van der Waals surface area contributed by atoms with Crippen LogP contribution in [-0.2, 0) is 44.6 Å². The van der Waals surface area contributed by atoms with Gasteiger partial charge in [0.15, 0.2) is 0 Å². The van der Waals surface area contributed by atoms with E-state index in [0.29, 0.717) is 25.8 Å². The summed E-state index contributed by atoms with van der Waals surface area (Å²) in [7, 11) is 9.38. The lowest BCUT2D eigenvalue weighted by Gasteiger charge is -2.41. The minimum atomic E-state index is -0.960. The molecule has 0 aromatic heterocycles. The van der Waals surface area contributed by atoms with Crippen LogP contribution in [0.1, 0.15) is 72.8 Å². The van der Waals surface area contributed by atoms with E-state index in [9.17, 15) is 29.1 Å². The standard InChI is InChI=1S/C40H67N5O9/c1-13-25(4)34(44(9)39(50)33(24(2)3)42-38(49)35(27(6)46)43(7)8)31(52-10)23-32(47)45-21-17-20-30(45)36(53-11)26(5)37(48)41-29(40(51)54-12)22-28-18-15-14-16-19-28/h14-16,18-19,24-27,29-31,33-36,46H,13,17,20-23H2,1-12H3,(H,41,48)(H,42,49)/t25-,26+,27+,29-,30-,31+,33-,34-,35-,36+/m0/s1. The van der Waals surface area contributed by atoms with Crippen LogP contribution in [-0.4, -0.2) is 147 Å². The van der Waals surface area contributed by atoms with Crippen molar-refractivity contribution in [2.75, 3.05) is 49.0 Å². The minimum absolute atomic E-state index is 0.0262. The topological polar surface area (TPSA) is 167 Å². The Morgan fingerprint density at radius 3 is 2.06 bits per heavy atom.